The topological polar surface area (TPSA) is 59.8 Å². The summed E-state index contributed by atoms with van der Waals surface area (Å²) >= 11 is 0. The molecule has 1 N–H and O–H groups in total. The molecule has 0 saturated carbocycles. The molecule has 1 aromatic carbocycles. The van der Waals surface area contributed by atoms with E-state index in [0.717, 1.165) is 61.1 Å². The molecule has 0 saturated heterocycles. The molecule has 0 radical (unpaired) electrons. The molecule has 2 aliphatic rings. The van der Waals surface area contributed by atoms with Gasteiger partial charge in [0.05, 0.1) is 23.5 Å². The molecule has 1 aliphatic heterocycles. The molecule has 6 heteroatoms. The number of aryl methyl sites for hydroxylation is 3. The molecular weight excluding hydrogens is 343 g/mol. The summed E-state index contributed by atoms with van der Waals surface area (Å²) in [5.74, 6) is 0.338. The summed E-state index contributed by atoms with van der Waals surface area (Å²) in [4.78, 5) is 21.0. The quantitative estimate of drug-likeness (QED) is 0.776. The van der Waals surface area contributed by atoms with E-state index in [1.165, 1.54) is 17.8 Å². The summed E-state index contributed by atoms with van der Waals surface area (Å²) in [6.45, 7) is 1.04. The number of benzene rings is 1. The van der Waals surface area contributed by atoms with Crippen molar-refractivity contribution in [1.82, 2.24) is 19.9 Å². The third-order valence-corrected chi connectivity index (χ3v) is 5.45. The highest BCUT2D eigenvalue weighted by Crippen LogP contribution is 2.35. The largest absolute Gasteiger partial charge is 0.345 e. The minimum absolute atomic E-state index is 0.0785. The van der Waals surface area contributed by atoms with Crippen molar-refractivity contribution in [3.8, 4) is 11.3 Å². The smallest absolute Gasteiger partial charge is 0.253 e. The van der Waals surface area contributed by atoms with Crippen LogP contribution in [0.25, 0.3) is 11.3 Å². The van der Waals surface area contributed by atoms with E-state index in [-0.39, 0.29) is 17.5 Å². The zero-order valence-electron chi connectivity index (χ0n) is 14.8. The maximum absolute atomic E-state index is 13.3. The molecule has 3 heterocycles. The van der Waals surface area contributed by atoms with Crippen LogP contribution in [0.5, 0.6) is 0 Å². The van der Waals surface area contributed by atoms with Crippen molar-refractivity contribution in [2.45, 2.75) is 38.3 Å². The summed E-state index contributed by atoms with van der Waals surface area (Å²) in [6.07, 6.45) is 8.55. The highest BCUT2D eigenvalue weighted by molar-refractivity contribution is 5.94. The molecule has 0 bridgehead atoms. The van der Waals surface area contributed by atoms with E-state index in [0.29, 0.717) is 0 Å². The number of aromatic nitrogens is 3. The van der Waals surface area contributed by atoms with Crippen LogP contribution in [0.3, 0.4) is 0 Å². The fourth-order valence-electron chi connectivity index (χ4n) is 4.08. The van der Waals surface area contributed by atoms with E-state index in [9.17, 15) is 9.18 Å². The fourth-order valence-corrected chi connectivity index (χ4v) is 4.08. The summed E-state index contributed by atoms with van der Waals surface area (Å²) in [5, 5.41) is 3.02. The highest BCUT2D eigenvalue weighted by atomic mass is 19.1. The van der Waals surface area contributed by atoms with Crippen LogP contribution in [0.15, 0.2) is 42.9 Å². The number of pyridine rings is 1. The number of fused-ring (bicyclic) bond motifs is 2. The van der Waals surface area contributed by atoms with Crippen LogP contribution in [-0.2, 0) is 19.4 Å². The number of nitrogens with one attached hydrogen (secondary N) is 1. The lowest BCUT2D eigenvalue weighted by Crippen LogP contribution is -2.27. The average molecular weight is 362 g/mol. The number of nitrogens with zero attached hydrogens (tertiary/aromatic N) is 3. The van der Waals surface area contributed by atoms with E-state index < -0.39 is 5.82 Å². The van der Waals surface area contributed by atoms with Gasteiger partial charge in [-0.2, -0.15) is 0 Å². The zero-order valence-corrected chi connectivity index (χ0v) is 14.8. The van der Waals surface area contributed by atoms with Gasteiger partial charge in [0.25, 0.3) is 5.91 Å². The van der Waals surface area contributed by atoms with Gasteiger partial charge < -0.3 is 9.88 Å². The summed E-state index contributed by atoms with van der Waals surface area (Å²) in [6, 6.07) is 7.50. The lowest BCUT2D eigenvalue weighted by molar-refractivity contribution is 0.0936. The molecule has 2 aromatic heterocycles. The minimum atomic E-state index is -0.510. The number of halogens is 1. The first-order chi connectivity index (χ1) is 13.2. The second-order valence-corrected chi connectivity index (χ2v) is 7.21. The Balaban J connectivity index is 1.41. The predicted octanol–water partition coefficient (Wildman–Crippen LogP) is 3.45. The highest BCUT2D eigenvalue weighted by Gasteiger charge is 2.25. The van der Waals surface area contributed by atoms with Gasteiger partial charge in [-0.05, 0) is 42.5 Å². The molecule has 0 fully saturated rings. The van der Waals surface area contributed by atoms with Gasteiger partial charge in [-0.15, -0.1) is 0 Å². The van der Waals surface area contributed by atoms with Gasteiger partial charge in [0.1, 0.15) is 11.6 Å². The maximum atomic E-state index is 13.3. The number of amides is 1. The summed E-state index contributed by atoms with van der Waals surface area (Å²) in [7, 11) is 0. The van der Waals surface area contributed by atoms with Gasteiger partial charge in [-0.3, -0.25) is 9.78 Å². The fraction of sp³-hybridized carbons (Fsp3) is 0.286. The van der Waals surface area contributed by atoms with Crippen molar-refractivity contribution in [3.63, 3.8) is 0 Å². The van der Waals surface area contributed by atoms with Gasteiger partial charge in [0.15, 0.2) is 0 Å². The molecule has 3 aromatic rings. The van der Waals surface area contributed by atoms with Crippen LogP contribution in [0.4, 0.5) is 4.39 Å². The Labute approximate surface area is 156 Å². The predicted molar refractivity (Wildman–Crippen MR) is 98.7 cm³/mol. The SMILES string of the molecule is O=C(NC1CCc2ccc(-c3cn4c(n3)CCC4)cc21)c1cncc(F)c1. The van der Waals surface area contributed by atoms with Crippen LogP contribution < -0.4 is 5.32 Å². The number of hydrogen-bond acceptors (Lipinski definition) is 3. The van der Waals surface area contributed by atoms with Gasteiger partial charge in [-0.25, -0.2) is 9.37 Å². The number of rotatable bonds is 3. The first kappa shape index (κ1) is 16.2. The Morgan fingerprint density at radius 1 is 1.22 bits per heavy atom. The van der Waals surface area contributed by atoms with E-state index in [4.69, 9.17) is 4.98 Å². The molecule has 136 valence electrons. The number of carbonyl (C=O) groups is 1. The molecule has 1 aliphatic carbocycles. The van der Waals surface area contributed by atoms with Crippen molar-refractivity contribution in [1.29, 1.82) is 0 Å². The van der Waals surface area contributed by atoms with Crippen LogP contribution in [0, 0.1) is 5.82 Å². The molecule has 1 atom stereocenters. The number of hydrogen-bond donors (Lipinski definition) is 1. The second kappa shape index (κ2) is 6.30. The van der Waals surface area contributed by atoms with Gasteiger partial charge in [-0.1, -0.05) is 12.1 Å². The average Bonchev–Trinajstić information content (AvgIpc) is 3.36. The van der Waals surface area contributed by atoms with Crippen molar-refractivity contribution in [3.05, 3.63) is 71.2 Å². The van der Waals surface area contributed by atoms with Crippen LogP contribution in [-0.4, -0.2) is 20.4 Å². The van der Waals surface area contributed by atoms with Crippen LogP contribution >= 0.6 is 0 Å². The summed E-state index contributed by atoms with van der Waals surface area (Å²) < 4.78 is 15.6. The van der Waals surface area contributed by atoms with Crippen LogP contribution in [0.2, 0.25) is 0 Å². The van der Waals surface area contributed by atoms with E-state index in [1.807, 2.05) is 0 Å². The Kier molecular flexibility index (Phi) is 3.77. The molecule has 1 unspecified atom stereocenters. The standard InChI is InChI=1S/C21H19FN4O/c22-16-8-15(10-23-11-16)21(27)25-18-6-5-13-3-4-14(9-17(13)18)19-12-26-7-1-2-20(26)24-19/h3-4,8-12,18H,1-2,5-7H2,(H,25,27). The van der Waals surface area contributed by atoms with Gasteiger partial charge in [0.2, 0.25) is 0 Å². The Morgan fingerprint density at radius 3 is 3.00 bits per heavy atom. The van der Waals surface area contributed by atoms with E-state index in [2.05, 4.69) is 39.3 Å². The Morgan fingerprint density at radius 2 is 2.15 bits per heavy atom. The van der Waals surface area contributed by atoms with Gasteiger partial charge >= 0.3 is 0 Å². The number of imidazole rings is 1. The normalized spacial score (nSPS) is 17.6. The first-order valence-corrected chi connectivity index (χ1v) is 9.28. The van der Waals surface area contributed by atoms with Crippen molar-refractivity contribution in [2.24, 2.45) is 0 Å². The first-order valence-electron chi connectivity index (χ1n) is 9.28. The number of carbonyl (C=O) groups excluding carboxylic acids is 1. The van der Waals surface area contributed by atoms with Crippen molar-refractivity contribution >= 4 is 5.91 Å². The zero-order chi connectivity index (χ0) is 18.4. The van der Waals surface area contributed by atoms with E-state index in [1.54, 1.807) is 0 Å². The second-order valence-electron chi connectivity index (χ2n) is 7.21. The monoisotopic (exact) mass is 362 g/mol. The minimum Gasteiger partial charge on any atom is -0.345 e. The molecular formula is C21H19FN4O. The molecule has 0 spiro atoms. The summed E-state index contributed by atoms with van der Waals surface area (Å²) in [5.41, 5.74) is 4.67. The van der Waals surface area contributed by atoms with Crippen molar-refractivity contribution in [2.75, 3.05) is 0 Å². The van der Waals surface area contributed by atoms with Gasteiger partial charge in [0, 0.05) is 30.9 Å². The maximum Gasteiger partial charge on any atom is 0.253 e. The Bertz CT molecular complexity index is 1020. The van der Waals surface area contributed by atoms with Crippen LogP contribution in [0.1, 0.15) is 46.2 Å². The molecule has 27 heavy (non-hydrogen) atoms. The Hall–Kier alpha value is -3.02. The lowest BCUT2D eigenvalue weighted by Gasteiger charge is -2.15. The molecule has 5 nitrogen and oxygen atoms in total. The molecule has 1 amide bonds. The third-order valence-electron chi connectivity index (χ3n) is 5.45. The third kappa shape index (κ3) is 2.91. The van der Waals surface area contributed by atoms with Crippen molar-refractivity contribution < 1.29 is 9.18 Å². The molecule has 5 rings (SSSR count). The van der Waals surface area contributed by atoms with E-state index >= 15 is 0 Å². The lowest BCUT2D eigenvalue weighted by atomic mass is 10.0.